The Labute approximate surface area is 157 Å². The fourth-order valence-electron chi connectivity index (χ4n) is 3.55. The Bertz CT molecular complexity index is 826. The molecule has 2 amide bonds. The first-order valence-electron chi connectivity index (χ1n) is 8.88. The topological polar surface area (TPSA) is 93.2 Å². The summed E-state index contributed by atoms with van der Waals surface area (Å²) in [4.78, 5) is 27.8. The van der Waals surface area contributed by atoms with E-state index in [1.54, 1.807) is 6.07 Å². The van der Waals surface area contributed by atoms with E-state index in [0.29, 0.717) is 11.4 Å². The number of likely N-dealkylation sites (tertiary alicyclic amines) is 1. The third-order valence-electron chi connectivity index (χ3n) is 4.85. The number of primary amides is 1. The number of nitrogens with one attached hydrogen (secondary N) is 1. The Morgan fingerprint density at radius 2 is 2.15 bits per heavy atom. The van der Waals surface area contributed by atoms with Crippen LogP contribution in [0.15, 0.2) is 12.1 Å². The second-order valence-corrected chi connectivity index (χ2v) is 7.72. The van der Waals surface area contributed by atoms with E-state index in [9.17, 15) is 9.59 Å². The predicted molar refractivity (Wildman–Crippen MR) is 102 cm³/mol. The van der Waals surface area contributed by atoms with E-state index in [0.717, 1.165) is 47.9 Å². The summed E-state index contributed by atoms with van der Waals surface area (Å²) in [6.45, 7) is 7.87. The SMILES string of the molecule is CCn1nc(C)c(NC(=O)CN2CCC[C@H]2c2ccc(C(N)=O)s2)c1C. The van der Waals surface area contributed by atoms with Crippen LogP contribution in [0, 0.1) is 13.8 Å². The smallest absolute Gasteiger partial charge is 0.258 e. The Morgan fingerprint density at radius 1 is 1.38 bits per heavy atom. The van der Waals surface area contributed by atoms with E-state index >= 15 is 0 Å². The molecule has 26 heavy (non-hydrogen) atoms. The first kappa shape index (κ1) is 18.6. The summed E-state index contributed by atoms with van der Waals surface area (Å²) in [6.07, 6.45) is 2.02. The number of carbonyl (C=O) groups excluding carboxylic acids is 2. The molecule has 1 aliphatic rings. The van der Waals surface area contributed by atoms with E-state index in [-0.39, 0.29) is 11.9 Å². The van der Waals surface area contributed by atoms with E-state index in [2.05, 4.69) is 15.3 Å². The summed E-state index contributed by atoms with van der Waals surface area (Å²) in [6, 6.07) is 3.88. The number of hydrogen-bond donors (Lipinski definition) is 2. The van der Waals surface area contributed by atoms with Crippen LogP contribution in [0.25, 0.3) is 0 Å². The molecule has 2 aromatic rings. The van der Waals surface area contributed by atoms with Gasteiger partial charge >= 0.3 is 0 Å². The highest BCUT2D eigenvalue weighted by atomic mass is 32.1. The zero-order valence-corrected chi connectivity index (χ0v) is 16.2. The number of amides is 2. The van der Waals surface area contributed by atoms with Gasteiger partial charge in [0.05, 0.1) is 28.5 Å². The van der Waals surface area contributed by atoms with Crippen LogP contribution in [-0.4, -0.2) is 39.6 Å². The number of rotatable bonds is 6. The number of thiophene rings is 1. The van der Waals surface area contributed by atoms with Crippen LogP contribution in [0.4, 0.5) is 5.69 Å². The zero-order valence-electron chi connectivity index (χ0n) is 15.4. The number of nitrogens with two attached hydrogens (primary N) is 1. The van der Waals surface area contributed by atoms with Gasteiger partial charge in [-0.25, -0.2) is 0 Å². The number of nitrogens with zero attached hydrogens (tertiary/aromatic N) is 3. The molecule has 1 saturated heterocycles. The average molecular weight is 375 g/mol. The fraction of sp³-hybridized carbons (Fsp3) is 0.500. The Kier molecular flexibility index (Phi) is 5.43. The minimum absolute atomic E-state index is 0.0366. The van der Waals surface area contributed by atoms with Crippen molar-refractivity contribution in [3.63, 3.8) is 0 Å². The van der Waals surface area contributed by atoms with Crippen molar-refractivity contribution in [3.8, 4) is 0 Å². The highest BCUT2D eigenvalue weighted by Crippen LogP contribution is 2.35. The fourth-order valence-corrected chi connectivity index (χ4v) is 4.58. The molecule has 7 nitrogen and oxygen atoms in total. The third-order valence-corrected chi connectivity index (χ3v) is 6.05. The Morgan fingerprint density at radius 3 is 2.77 bits per heavy atom. The monoisotopic (exact) mass is 375 g/mol. The lowest BCUT2D eigenvalue weighted by Crippen LogP contribution is -2.32. The number of aromatic nitrogens is 2. The molecule has 0 radical (unpaired) electrons. The minimum atomic E-state index is -0.401. The van der Waals surface area contributed by atoms with Gasteiger partial charge in [0.25, 0.3) is 5.91 Å². The highest BCUT2D eigenvalue weighted by molar-refractivity contribution is 7.14. The second kappa shape index (κ2) is 7.59. The summed E-state index contributed by atoms with van der Waals surface area (Å²) in [5, 5.41) is 7.46. The van der Waals surface area contributed by atoms with E-state index in [4.69, 9.17) is 5.73 Å². The molecule has 0 aliphatic carbocycles. The van der Waals surface area contributed by atoms with Crippen molar-refractivity contribution in [2.24, 2.45) is 5.73 Å². The van der Waals surface area contributed by atoms with Gasteiger partial charge in [0.15, 0.2) is 0 Å². The molecule has 0 saturated carbocycles. The van der Waals surface area contributed by atoms with Crippen LogP contribution in [0.2, 0.25) is 0 Å². The van der Waals surface area contributed by atoms with E-state index in [1.807, 2.05) is 31.5 Å². The molecule has 0 spiro atoms. The zero-order chi connectivity index (χ0) is 18.8. The predicted octanol–water partition coefficient (Wildman–Crippen LogP) is 2.46. The maximum absolute atomic E-state index is 12.6. The second-order valence-electron chi connectivity index (χ2n) is 6.60. The van der Waals surface area contributed by atoms with Gasteiger partial charge in [-0.05, 0) is 52.3 Å². The summed E-state index contributed by atoms with van der Waals surface area (Å²) in [7, 11) is 0. The summed E-state index contributed by atoms with van der Waals surface area (Å²) >= 11 is 1.42. The molecule has 3 rings (SSSR count). The molecular weight excluding hydrogens is 350 g/mol. The van der Waals surface area contributed by atoms with Gasteiger partial charge in [-0.3, -0.25) is 19.2 Å². The number of carbonyl (C=O) groups is 2. The van der Waals surface area contributed by atoms with Crippen molar-refractivity contribution in [1.29, 1.82) is 0 Å². The molecule has 0 unspecified atom stereocenters. The van der Waals surface area contributed by atoms with Crippen LogP contribution in [-0.2, 0) is 11.3 Å². The molecule has 140 valence electrons. The summed E-state index contributed by atoms with van der Waals surface area (Å²) < 4.78 is 1.89. The Hall–Kier alpha value is -2.19. The average Bonchev–Trinajstić information content (AvgIpc) is 3.30. The van der Waals surface area contributed by atoms with Gasteiger partial charge in [0.1, 0.15) is 0 Å². The standard InChI is InChI=1S/C18H25N5O2S/c1-4-23-12(3)17(11(2)21-23)20-16(24)10-22-9-5-6-13(22)14-7-8-15(26-14)18(19)25/h7-8,13H,4-6,9-10H2,1-3H3,(H2,19,25)(H,20,24)/t13-/m0/s1. The van der Waals surface area contributed by atoms with Crippen LogP contribution < -0.4 is 11.1 Å². The van der Waals surface area contributed by atoms with Gasteiger partial charge in [0.2, 0.25) is 5.91 Å². The molecule has 1 fully saturated rings. The molecule has 0 aromatic carbocycles. The first-order valence-corrected chi connectivity index (χ1v) is 9.69. The van der Waals surface area contributed by atoms with Crippen molar-refractivity contribution in [2.45, 2.75) is 46.2 Å². The largest absolute Gasteiger partial charge is 0.365 e. The molecular formula is C18H25N5O2S. The van der Waals surface area contributed by atoms with Crippen molar-refractivity contribution in [3.05, 3.63) is 33.3 Å². The van der Waals surface area contributed by atoms with Gasteiger partial charge in [-0.15, -0.1) is 11.3 Å². The minimum Gasteiger partial charge on any atom is -0.365 e. The van der Waals surface area contributed by atoms with Crippen LogP contribution >= 0.6 is 11.3 Å². The maximum atomic E-state index is 12.6. The number of anilines is 1. The molecule has 3 heterocycles. The highest BCUT2D eigenvalue weighted by Gasteiger charge is 2.29. The summed E-state index contributed by atoms with van der Waals surface area (Å²) in [5.74, 6) is -0.437. The van der Waals surface area contributed by atoms with Crippen LogP contribution in [0.3, 0.4) is 0 Å². The van der Waals surface area contributed by atoms with Gasteiger partial charge < -0.3 is 11.1 Å². The number of aryl methyl sites for hydroxylation is 2. The van der Waals surface area contributed by atoms with Crippen LogP contribution in [0.1, 0.15) is 51.7 Å². The van der Waals surface area contributed by atoms with Gasteiger partial charge in [0, 0.05) is 17.5 Å². The normalized spacial score (nSPS) is 17.6. The van der Waals surface area contributed by atoms with Crippen molar-refractivity contribution in [2.75, 3.05) is 18.4 Å². The molecule has 8 heteroatoms. The molecule has 2 aromatic heterocycles. The Balaban J connectivity index is 1.68. The van der Waals surface area contributed by atoms with Gasteiger partial charge in [-0.1, -0.05) is 0 Å². The molecule has 1 aliphatic heterocycles. The quantitative estimate of drug-likeness (QED) is 0.811. The lowest BCUT2D eigenvalue weighted by Gasteiger charge is -2.23. The number of hydrogen-bond acceptors (Lipinski definition) is 5. The third kappa shape index (κ3) is 3.66. The lowest BCUT2D eigenvalue weighted by molar-refractivity contribution is -0.117. The molecule has 0 bridgehead atoms. The first-order chi connectivity index (χ1) is 12.4. The van der Waals surface area contributed by atoms with Crippen molar-refractivity contribution < 1.29 is 9.59 Å². The van der Waals surface area contributed by atoms with Crippen LogP contribution in [0.5, 0.6) is 0 Å². The van der Waals surface area contributed by atoms with E-state index < -0.39 is 5.91 Å². The summed E-state index contributed by atoms with van der Waals surface area (Å²) in [5.41, 5.74) is 7.97. The molecule has 3 N–H and O–H groups in total. The lowest BCUT2D eigenvalue weighted by atomic mass is 10.2. The van der Waals surface area contributed by atoms with Gasteiger partial charge in [-0.2, -0.15) is 5.10 Å². The molecule has 1 atom stereocenters. The van der Waals surface area contributed by atoms with E-state index in [1.165, 1.54) is 11.3 Å². The maximum Gasteiger partial charge on any atom is 0.258 e. The van der Waals surface area contributed by atoms with Crippen molar-refractivity contribution in [1.82, 2.24) is 14.7 Å². The van der Waals surface area contributed by atoms with Crippen molar-refractivity contribution >= 4 is 28.8 Å².